The third kappa shape index (κ3) is 3.07. The molecule has 0 radical (unpaired) electrons. The van der Waals surface area contributed by atoms with Crippen molar-refractivity contribution in [2.75, 3.05) is 18.4 Å². The molecule has 0 spiro atoms. The van der Waals surface area contributed by atoms with Gasteiger partial charge in [-0.1, -0.05) is 11.6 Å². The summed E-state index contributed by atoms with van der Waals surface area (Å²) in [4.78, 5) is 24.8. The van der Waals surface area contributed by atoms with Gasteiger partial charge < -0.3 is 15.3 Å². The molecule has 1 heterocycles. The SMILES string of the molecule is CC1(C(=O)O)CCN(C(=O)Nc2cc(Cl)ccc2Br)C1. The zero-order valence-electron chi connectivity index (χ0n) is 10.8. The van der Waals surface area contributed by atoms with Crippen LogP contribution in [0.15, 0.2) is 22.7 Å². The molecule has 0 aliphatic carbocycles. The van der Waals surface area contributed by atoms with Gasteiger partial charge in [0.05, 0.1) is 11.1 Å². The molecule has 0 bridgehead atoms. The second-order valence-electron chi connectivity index (χ2n) is 5.09. The minimum Gasteiger partial charge on any atom is -0.481 e. The first-order chi connectivity index (χ1) is 9.32. The van der Waals surface area contributed by atoms with Crippen LogP contribution in [0.25, 0.3) is 0 Å². The number of urea groups is 1. The lowest BCUT2D eigenvalue weighted by atomic mass is 9.90. The van der Waals surface area contributed by atoms with Crippen molar-refractivity contribution in [1.29, 1.82) is 0 Å². The Balaban J connectivity index is 2.07. The lowest BCUT2D eigenvalue weighted by molar-refractivity contribution is -0.146. The largest absolute Gasteiger partial charge is 0.481 e. The van der Waals surface area contributed by atoms with Crippen LogP contribution in [0.5, 0.6) is 0 Å². The molecule has 1 fully saturated rings. The lowest BCUT2D eigenvalue weighted by Gasteiger charge is -2.21. The summed E-state index contributed by atoms with van der Waals surface area (Å²) in [5.41, 5.74) is -0.311. The quantitative estimate of drug-likeness (QED) is 0.848. The Bertz CT molecular complexity index is 567. The fraction of sp³-hybridized carbons (Fsp3) is 0.385. The molecule has 1 saturated heterocycles. The summed E-state index contributed by atoms with van der Waals surface area (Å²) in [5.74, 6) is -0.878. The van der Waals surface area contributed by atoms with Crippen molar-refractivity contribution in [3.63, 3.8) is 0 Å². The number of amides is 2. The number of benzene rings is 1. The van der Waals surface area contributed by atoms with Crippen LogP contribution >= 0.6 is 27.5 Å². The van der Waals surface area contributed by atoms with Gasteiger partial charge in [-0.25, -0.2) is 4.79 Å². The molecule has 108 valence electrons. The predicted octanol–water partition coefficient (Wildman–Crippen LogP) is 3.43. The van der Waals surface area contributed by atoms with E-state index in [-0.39, 0.29) is 12.6 Å². The number of likely N-dealkylation sites (tertiary alicyclic amines) is 1. The van der Waals surface area contributed by atoms with Crippen molar-refractivity contribution in [3.05, 3.63) is 27.7 Å². The smallest absolute Gasteiger partial charge is 0.321 e. The summed E-state index contributed by atoms with van der Waals surface area (Å²) in [6, 6.07) is 4.76. The van der Waals surface area contributed by atoms with E-state index in [0.717, 1.165) is 4.47 Å². The molecule has 0 aromatic heterocycles. The summed E-state index contributed by atoms with van der Waals surface area (Å²) in [6.45, 7) is 2.27. The maximum atomic E-state index is 12.1. The molecule has 1 atom stereocenters. The van der Waals surface area contributed by atoms with Gasteiger partial charge in [0, 0.05) is 22.6 Å². The van der Waals surface area contributed by atoms with Gasteiger partial charge in [0.2, 0.25) is 0 Å². The van der Waals surface area contributed by atoms with Gasteiger partial charge >= 0.3 is 12.0 Å². The molecule has 0 saturated carbocycles. The molecule has 5 nitrogen and oxygen atoms in total. The number of carboxylic acids is 1. The second kappa shape index (κ2) is 5.61. The number of hydrogen-bond donors (Lipinski definition) is 2. The van der Waals surface area contributed by atoms with Crippen molar-refractivity contribution in [2.45, 2.75) is 13.3 Å². The van der Waals surface area contributed by atoms with E-state index in [2.05, 4.69) is 21.2 Å². The van der Waals surface area contributed by atoms with Gasteiger partial charge in [-0.2, -0.15) is 0 Å². The van der Waals surface area contributed by atoms with Crippen LogP contribution in [-0.4, -0.2) is 35.1 Å². The number of carbonyl (C=O) groups excluding carboxylic acids is 1. The minimum absolute atomic E-state index is 0.201. The van der Waals surface area contributed by atoms with Gasteiger partial charge in [0.1, 0.15) is 0 Å². The topological polar surface area (TPSA) is 69.6 Å². The molecule has 2 rings (SSSR count). The van der Waals surface area contributed by atoms with Crippen molar-refractivity contribution in [2.24, 2.45) is 5.41 Å². The van der Waals surface area contributed by atoms with Crippen LogP contribution in [0.1, 0.15) is 13.3 Å². The minimum atomic E-state index is -0.878. The van der Waals surface area contributed by atoms with Crippen LogP contribution in [0.3, 0.4) is 0 Å². The molecule has 1 aromatic carbocycles. The van der Waals surface area contributed by atoms with Gasteiger partial charge in [0.25, 0.3) is 0 Å². The molecule has 7 heteroatoms. The number of aliphatic carboxylic acids is 1. The van der Waals surface area contributed by atoms with Crippen LogP contribution in [-0.2, 0) is 4.79 Å². The zero-order chi connectivity index (χ0) is 14.9. The normalized spacial score (nSPS) is 21.9. The molecule has 2 N–H and O–H groups in total. The van der Waals surface area contributed by atoms with Gasteiger partial charge in [-0.15, -0.1) is 0 Å². The number of carboxylic acid groups (broad SMARTS) is 1. The van der Waals surface area contributed by atoms with Gasteiger partial charge in [0.15, 0.2) is 0 Å². The van der Waals surface area contributed by atoms with E-state index in [0.29, 0.717) is 23.7 Å². The average molecular weight is 362 g/mol. The molecule has 1 aromatic rings. The van der Waals surface area contributed by atoms with E-state index in [1.807, 2.05) is 0 Å². The molecule has 20 heavy (non-hydrogen) atoms. The monoisotopic (exact) mass is 360 g/mol. The van der Waals surface area contributed by atoms with E-state index >= 15 is 0 Å². The first-order valence-electron chi connectivity index (χ1n) is 6.06. The van der Waals surface area contributed by atoms with Crippen molar-refractivity contribution in [1.82, 2.24) is 4.90 Å². The number of nitrogens with zero attached hydrogens (tertiary/aromatic N) is 1. The highest BCUT2D eigenvalue weighted by molar-refractivity contribution is 9.10. The van der Waals surface area contributed by atoms with E-state index in [1.165, 1.54) is 4.90 Å². The third-order valence-electron chi connectivity index (χ3n) is 3.45. The molecule has 1 unspecified atom stereocenters. The van der Waals surface area contributed by atoms with E-state index in [9.17, 15) is 9.59 Å². The third-order valence-corrected chi connectivity index (χ3v) is 4.37. The predicted molar refractivity (Wildman–Crippen MR) is 80.1 cm³/mol. The molecule has 1 aliphatic heterocycles. The summed E-state index contributed by atoms with van der Waals surface area (Å²) >= 11 is 9.21. The Morgan fingerprint density at radius 1 is 1.50 bits per heavy atom. The summed E-state index contributed by atoms with van der Waals surface area (Å²) in [7, 11) is 0. The zero-order valence-corrected chi connectivity index (χ0v) is 13.2. The first kappa shape index (κ1) is 15.1. The number of hydrogen-bond acceptors (Lipinski definition) is 2. The second-order valence-corrected chi connectivity index (χ2v) is 6.38. The Morgan fingerprint density at radius 3 is 2.80 bits per heavy atom. The van der Waals surface area contributed by atoms with Crippen LogP contribution in [0.4, 0.5) is 10.5 Å². The number of carbonyl (C=O) groups is 2. The number of nitrogens with one attached hydrogen (secondary N) is 1. The standard InChI is InChI=1S/C13H14BrClN2O3/c1-13(11(18)19)4-5-17(7-13)12(20)16-10-6-8(15)2-3-9(10)14/h2-3,6H,4-5,7H2,1H3,(H,16,20)(H,18,19). The van der Waals surface area contributed by atoms with Crippen LogP contribution in [0, 0.1) is 5.41 Å². The van der Waals surface area contributed by atoms with Crippen molar-refractivity contribution < 1.29 is 14.7 Å². The summed E-state index contributed by atoms with van der Waals surface area (Å²) < 4.78 is 0.718. The van der Waals surface area contributed by atoms with Crippen LogP contribution < -0.4 is 5.32 Å². The highest BCUT2D eigenvalue weighted by Gasteiger charge is 2.42. The van der Waals surface area contributed by atoms with E-state index in [4.69, 9.17) is 16.7 Å². The summed E-state index contributed by atoms with van der Waals surface area (Å²) in [5, 5.41) is 12.4. The summed E-state index contributed by atoms with van der Waals surface area (Å²) in [6.07, 6.45) is 0.451. The molecular weight excluding hydrogens is 348 g/mol. The maximum absolute atomic E-state index is 12.1. The molecule has 1 aliphatic rings. The lowest BCUT2D eigenvalue weighted by Crippen LogP contribution is -2.37. The molecular formula is C13H14BrClN2O3. The van der Waals surface area contributed by atoms with Crippen molar-refractivity contribution >= 4 is 45.2 Å². The molecule has 2 amide bonds. The van der Waals surface area contributed by atoms with E-state index < -0.39 is 11.4 Å². The fourth-order valence-electron chi connectivity index (χ4n) is 2.10. The van der Waals surface area contributed by atoms with Gasteiger partial charge in [-0.05, 0) is 47.5 Å². The first-order valence-corrected chi connectivity index (χ1v) is 7.23. The highest BCUT2D eigenvalue weighted by atomic mass is 79.9. The Kier molecular flexibility index (Phi) is 4.25. The highest BCUT2D eigenvalue weighted by Crippen LogP contribution is 2.31. The Labute approximate surface area is 130 Å². The number of anilines is 1. The van der Waals surface area contributed by atoms with Crippen LogP contribution in [0.2, 0.25) is 5.02 Å². The number of rotatable bonds is 2. The average Bonchev–Trinajstić information content (AvgIpc) is 2.78. The van der Waals surface area contributed by atoms with Crippen molar-refractivity contribution in [3.8, 4) is 0 Å². The maximum Gasteiger partial charge on any atom is 0.321 e. The Hall–Kier alpha value is -1.27. The number of halogens is 2. The fourth-order valence-corrected chi connectivity index (χ4v) is 2.61. The Morgan fingerprint density at radius 2 is 2.20 bits per heavy atom. The van der Waals surface area contributed by atoms with Gasteiger partial charge in [-0.3, -0.25) is 4.79 Å². The van der Waals surface area contributed by atoms with E-state index in [1.54, 1.807) is 25.1 Å².